The van der Waals surface area contributed by atoms with Crippen molar-refractivity contribution in [2.75, 3.05) is 5.32 Å². The predicted octanol–water partition coefficient (Wildman–Crippen LogP) is 4.01. The standard InChI is InChI=1S/C21H21N3O2/c1-13-4-5-19-18(9-13)21-16(12-26-19)10-22-24(21)11-20(25)23-17-7-14(2)6-15(3)8-17/h4-10H,11-12H2,1-3H3,(H,23,25). The first kappa shape index (κ1) is 16.4. The van der Waals surface area contributed by atoms with Crippen LogP contribution in [0.1, 0.15) is 22.3 Å². The molecule has 1 aromatic heterocycles. The molecule has 0 fully saturated rings. The molecule has 1 amide bonds. The van der Waals surface area contributed by atoms with Crippen molar-refractivity contribution in [1.29, 1.82) is 0 Å². The van der Waals surface area contributed by atoms with Crippen molar-refractivity contribution >= 4 is 11.6 Å². The fourth-order valence-corrected chi connectivity index (χ4v) is 3.46. The van der Waals surface area contributed by atoms with Crippen LogP contribution in [-0.4, -0.2) is 15.7 Å². The van der Waals surface area contributed by atoms with Gasteiger partial charge in [-0.05, 0) is 56.2 Å². The van der Waals surface area contributed by atoms with E-state index in [9.17, 15) is 4.79 Å². The van der Waals surface area contributed by atoms with Gasteiger partial charge < -0.3 is 10.1 Å². The van der Waals surface area contributed by atoms with Crippen molar-refractivity contribution in [1.82, 2.24) is 9.78 Å². The Kier molecular flexibility index (Phi) is 3.99. The zero-order valence-corrected chi connectivity index (χ0v) is 15.2. The molecule has 0 saturated carbocycles. The molecule has 5 heteroatoms. The first-order valence-electron chi connectivity index (χ1n) is 8.66. The molecule has 0 bridgehead atoms. The number of nitrogens with zero attached hydrogens (tertiary/aromatic N) is 2. The number of benzene rings is 2. The van der Waals surface area contributed by atoms with E-state index in [0.29, 0.717) is 6.61 Å². The third-order valence-electron chi connectivity index (χ3n) is 4.49. The van der Waals surface area contributed by atoms with Gasteiger partial charge in [-0.2, -0.15) is 5.10 Å². The van der Waals surface area contributed by atoms with Gasteiger partial charge in [0.05, 0.1) is 11.9 Å². The van der Waals surface area contributed by atoms with Gasteiger partial charge in [-0.15, -0.1) is 0 Å². The Morgan fingerprint density at radius 2 is 1.88 bits per heavy atom. The molecule has 0 saturated heterocycles. The average Bonchev–Trinajstić information content (AvgIpc) is 2.97. The summed E-state index contributed by atoms with van der Waals surface area (Å²) in [6, 6.07) is 12.1. The first-order valence-corrected chi connectivity index (χ1v) is 8.66. The average molecular weight is 347 g/mol. The quantitative estimate of drug-likeness (QED) is 0.779. The fourth-order valence-electron chi connectivity index (χ4n) is 3.46. The number of rotatable bonds is 3. The molecule has 1 N–H and O–H groups in total. The van der Waals surface area contributed by atoms with E-state index in [-0.39, 0.29) is 12.5 Å². The zero-order chi connectivity index (χ0) is 18.3. The van der Waals surface area contributed by atoms with E-state index >= 15 is 0 Å². The van der Waals surface area contributed by atoms with Crippen LogP contribution in [0.2, 0.25) is 0 Å². The summed E-state index contributed by atoms with van der Waals surface area (Å²) in [5.74, 6) is 0.737. The van der Waals surface area contributed by atoms with Crippen LogP contribution in [0.3, 0.4) is 0 Å². The monoisotopic (exact) mass is 347 g/mol. The molecule has 1 aliphatic heterocycles. The molecule has 0 spiro atoms. The highest BCUT2D eigenvalue weighted by Crippen LogP contribution is 2.37. The molecule has 0 atom stereocenters. The Morgan fingerprint density at radius 1 is 1.12 bits per heavy atom. The normalized spacial score (nSPS) is 12.1. The fraction of sp³-hybridized carbons (Fsp3) is 0.238. The molecule has 1 aliphatic rings. The van der Waals surface area contributed by atoms with E-state index < -0.39 is 0 Å². The molecule has 2 aromatic carbocycles. The summed E-state index contributed by atoms with van der Waals surface area (Å²) in [5, 5.41) is 7.39. The zero-order valence-electron chi connectivity index (χ0n) is 15.2. The van der Waals surface area contributed by atoms with E-state index in [1.165, 1.54) is 0 Å². The van der Waals surface area contributed by atoms with Gasteiger partial charge in [0, 0.05) is 16.8 Å². The molecule has 5 nitrogen and oxygen atoms in total. The molecular weight excluding hydrogens is 326 g/mol. The third-order valence-corrected chi connectivity index (χ3v) is 4.49. The Labute approximate surface area is 152 Å². The Morgan fingerprint density at radius 3 is 2.65 bits per heavy atom. The SMILES string of the molecule is Cc1cc(C)cc(NC(=O)Cn2ncc3c2-c2cc(C)ccc2OC3)c1. The Bertz CT molecular complexity index is 984. The first-order chi connectivity index (χ1) is 12.5. The minimum Gasteiger partial charge on any atom is -0.488 e. The second-order valence-electron chi connectivity index (χ2n) is 6.89. The number of hydrogen-bond donors (Lipinski definition) is 1. The van der Waals surface area contributed by atoms with Crippen LogP contribution in [0.25, 0.3) is 11.3 Å². The van der Waals surface area contributed by atoms with E-state index in [2.05, 4.69) is 22.5 Å². The lowest BCUT2D eigenvalue weighted by atomic mass is 10.0. The van der Waals surface area contributed by atoms with Crippen molar-refractivity contribution in [3.8, 4) is 17.0 Å². The van der Waals surface area contributed by atoms with E-state index in [1.54, 1.807) is 10.9 Å². The van der Waals surface area contributed by atoms with Gasteiger partial charge in [0.25, 0.3) is 0 Å². The number of hydrogen-bond acceptors (Lipinski definition) is 3. The van der Waals surface area contributed by atoms with Crippen LogP contribution in [0.15, 0.2) is 42.6 Å². The number of ether oxygens (including phenoxy) is 1. The molecule has 3 aromatic rings. The van der Waals surface area contributed by atoms with Crippen LogP contribution in [0, 0.1) is 20.8 Å². The minimum atomic E-state index is -0.0957. The predicted molar refractivity (Wildman–Crippen MR) is 101 cm³/mol. The molecule has 4 rings (SSSR count). The highest BCUT2D eigenvalue weighted by atomic mass is 16.5. The summed E-state index contributed by atoms with van der Waals surface area (Å²) in [4.78, 5) is 12.6. The molecular formula is C21H21N3O2. The van der Waals surface area contributed by atoms with Crippen molar-refractivity contribution in [2.45, 2.75) is 33.9 Å². The van der Waals surface area contributed by atoms with Gasteiger partial charge >= 0.3 is 0 Å². The second-order valence-corrected chi connectivity index (χ2v) is 6.89. The van der Waals surface area contributed by atoms with Gasteiger partial charge in [0.1, 0.15) is 18.9 Å². The van der Waals surface area contributed by atoms with Gasteiger partial charge in [-0.1, -0.05) is 17.7 Å². The van der Waals surface area contributed by atoms with Crippen molar-refractivity contribution in [3.05, 3.63) is 64.8 Å². The van der Waals surface area contributed by atoms with Crippen LogP contribution >= 0.6 is 0 Å². The smallest absolute Gasteiger partial charge is 0.246 e. The molecule has 132 valence electrons. The lowest BCUT2D eigenvalue weighted by Crippen LogP contribution is -2.21. The van der Waals surface area contributed by atoms with Crippen molar-refractivity contribution in [3.63, 3.8) is 0 Å². The maximum atomic E-state index is 12.6. The summed E-state index contributed by atoms with van der Waals surface area (Å²) in [7, 11) is 0. The number of fused-ring (bicyclic) bond motifs is 3. The minimum absolute atomic E-state index is 0.0957. The topological polar surface area (TPSA) is 56.2 Å². The van der Waals surface area contributed by atoms with Crippen molar-refractivity contribution < 1.29 is 9.53 Å². The highest BCUT2D eigenvalue weighted by Gasteiger charge is 2.23. The third kappa shape index (κ3) is 3.08. The summed E-state index contributed by atoms with van der Waals surface area (Å²) < 4.78 is 7.55. The van der Waals surface area contributed by atoms with Gasteiger partial charge in [0.2, 0.25) is 5.91 Å². The van der Waals surface area contributed by atoms with Crippen LogP contribution < -0.4 is 10.1 Å². The molecule has 2 heterocycles. The number of amides is 1. The summed E-state index contributed by atoms with van der Waals surface area (Å²) in [5.41, 5.74) is 7.16. The number of aromatic nitrogens is 2. The summed E-state index contributed by atoms with van der Waals surface area (Å²) in [6.07, 6.45) is 1.78. The second kappa shape index (κ2) is 6.33. The summed E-state index contributed by atoms with van der Waals surface area (Å²) in [6.45, 7) is 6.72. The van der Waals surface area contributed by atoms with Crippen LogP contribution in [0.5, 0.6) is 5.75 Å². The molecule has 0 radical (unpaired) electrons. The lowest BCUT2D eigenvalue weighted by molar-refractivity contribution is -0.116. The van der Waals surface area contributed by atoms with Crippen LogP contribution in [-0.2, 0) is 17.9 Å². The number of anilines is 1. The Balaban J connectivity index is 1.60. The summed E-state index contributed by atoms with van der Waals surface area (Å²) >= 11 is 0. The molecule has 26 heavy (non-hydrogen) atoms. The van der Waals surface area contributed by atoms with Gasteiger partial charge in [-0.25, -0.2) is 0 Å². The van der Waals surface area contributed by atoms with E-state index in [4.69, 9.17) is 4.74 Å². The Hall–Kier alpha value is -3.08. The number of carbonyl (C=O) groups is 1. The van der Waals surface area contributed by atoms with Gasteiger partial charge in [0.15, 0.2) is 0 Å². The van der Waals surface area contributed by atoms with E-state index in [0.717, 1.165) is 44.9 Å². The number of aryl methyl sites for hydroxylation is 3. The lowest BCUT2D eigenvalue weighted by Gasteiger charge is -2.20. The largest absolute Gasteiger partial charge is 0.488 e. The molecule has 0 unspecified atom stereocenters. The van der Waals surface area contributed by atoms with Crippen molar-refractivity contribution in [2.24, 2.45) is 0 Å². The number of carbonyl (C=O) groups excluding carboxylic acids is 1. The number of nitrogens with one attached hydrogen (secondary N) is 1. The molecule has 0 aliphatic carbocycles. The van der Waals surface area contributed by atoms with Gasteiger partial charge in [-0.3, -0.25) is 9.48 Å². The highest BCUT2D eigenvalue weighted by molar-refractivity contribution is 5.91. The van der Waals surface area contributed by atoms with Crippen LogP contribution in [0.4, 0.5) is 5.69 Å². The maximum Gasteiger partial charge on any atom is 0.246 e. The maximum absolute atomic E-state index is 12.6. The van der Waals surface area contributed by atoms with E-state index in [1.807, 2.05) is 45.0 Å².